The quantitative estimate of drug-likeness (QED) is 0.750. The summed E-state index contributed by atoms with van der Waals surface area (Å²) in [5.41, 5.74) is 2.56. The highest BCUT2D eigenvalue weighted by molar-refractivity contribution is 5.22. The van der Waals surface area contributed by atoms with Gasteiger partial charge in [0.25, 0.3) is 0 Å². The first-order valence-corrected chi connectivity index (χ1v) is 6.09. The molecule has 1 unspecified atom stereocenters. The maximum Gasteiger partial charge on any atom is 0.0784 e. The maximum atomic E-state index is 5.65. The Balaban J connectivity index is 2.34. The molecule has 1 aromatic rings. The molecule has 3 heteroatoms. The highest BCUT2D eigenvalue weighted by Gasteiger charge is 2.01. The molecule has 0 aromatic heterocycles. The Bertz CT molecular complexity index is 298. The van der Waals surface area contributed by atoms with Crippen LogP contribution in [-0.2, 0) is 22.5 Å². The van der Waals surface area contributed by atoms with Crippen molar-refractivity contribution in [2.24, 2.45) is 0 Å². The molecule has 0 saturated carbocycles. The first kappa shape index (κ1) is 14.2. The van der Waals surface area contributed by atoms with Gasteiger partial charge in [0.05, 0.1) is 19.3 Å². The molecule has 0 aliphatic rings. The molecule has 0 bridgehead atoms. The maximum absolute atomic E-state index is 5.65. The fraction of sp³-hybridized carbons (Fsp3) is 0.571. The molecular weight excluding hydrogens is 214 g/mol. The van der Waals surface area contributed by atoms with E-state index in [2.05, 4.69) is 29.6 Å². The molecule has 1 atom stereocenters. The van der Waals surface area contributed by atoms with E-state index in [0.717, 1.165) is 13.0 Å². The Labute approximate surface area is 104 Å². The SMILES string of the molecule is CNCCc1ccc(COC(C)COC)cc1. The van der Waals surface area contributed by atoms with Crippen molar-refractivity contribution in [3.63, 3.8) is 0 Å². The van der Waals surface area contributed by atoms with E-state index in [0.29, 0.717) is 13.2 Å². The van der Waals surface area contributed by atoms with Crippen LogP contribution in [0.25, 0.3) is 0 Å². The number of likely N-dealkylation sites (N-methyl/N-ethyl adjacent to an activating group) is 1. The van der Waals surface area contributed by atoms with Gasteiger partial charge in [0.1, 0.15) is 0 Å². The first-order valence-electron chi connectivity index (χ1n) is 6.09. The summed E-state index contributed by atoms with van der Waals surface area (Å²) in [6.45, 7) is 4.32. The summed E-state index contributed by atoms with van der Waals surface area (Å²) >= 11 is 0. The lowest BCUT2D eigenvalue weighted by Gasteiger charge is -2.12. The standard InChI is InChI=1S/C14H23NO2/c1-12(10-16-3)17-11-14-6-4-13(5-7-14)8-9-15-2/h4-7,12,15H,8-11H2,1-3H3. The number of benzene rings is 1. The van der Waals surface area contributed by atoms with Gasteiger partial charge in [-0.15, -0.1) is 0 Å². The van der Waals surface area contributed by atoms with Crippen LogP contribution in [0.15, 0.2) is 24.3 Å². The fourth-order valence-corrected chi connectivity index (χ4v) is 1.59. The minimum Gasteiger partial charge on any atom is -0.382 e. The Morgan fingerprint density at radius 1 is 1.18 bits per heavy atom. The molecule has 0 amide bonds. The highest BCUT2D eigenvalue weighted by atomic mass is 16.5. The Morgan fingerprint density at radius 2 is 1.82 bits per heavy atom. The third kappa shape index (κ3) is 5.82. The molecule has 96 valence electrons. The average molecular weight is 237 g/mol. The molecule has 1 aromatic carbocycles. The van der Waals surface area contributed by atoms with Gasteiger partial charge in [-0.2, -0.15) is 0 Å². The molecule has 0 fully saturated rings. The number of nitrogens with one attached hydrogen (secondary N) is 1. The number of hydrogen-bond acceptors (Lipinski definition) is 3. The van der Waals surface area contributed by atoms with E-state index in [1.54, 1.807) is 7.11 Å². The summed E-state index contributed by atoms with van der Waals surface area (Å²) in [6, 6.07) is 8.59. The van der Waals surface area contributed by atoms with E-state index in [4.69, 9.17) is 9.47 Å². The van der Waals surface area contributed by atoms with Crippen LogP contribution < -0.4 is 5.32 Å². The number of hydrogen-bond donors (Lipinski definition) is 1. The van der Waals surface area contributed by atoms with Gasteiger partial charge in [0.2, 0.25) is 0 Å². The van der Waals surface area contributed by atoms with E-state index in [-0.39, 0.29) is 6.10 Å². The van der Waals surface area contributed by atoms with Crippen molar-refractivity contribution in [3.8, 4) is 0 Å². The van der Waals surface area contributed by atoms with Crippen LogP contribution in [0.3, 0.4) is 0 Å². The number of methoxy groups -OCH3 is 1. The average Bonchev–Trinajstić information content (AvgIpc) is 2.35. The Hall–Kier alpha value is -0.900. The van der Waals surface area contributed by atoms with Crippen LogP contribution in [-0.4, -0.2) is 33.4 Å². The Kier molecular flexibility index (Phi) is 6.86. The monoisotopic (exact) mass is 237 g/mol. The van der Waals surface area contributed by atoms with Gasteiger partial charge in [0.15, 0.2) is 0 Å². The minimum atomic E-state index is 0.143. The minimum absolute atomic E-state index is 0.143. The van der Waals surface area contributed by atoms with Crippen LogP contribution in [0.1, 0.15) is 18.1 Å². The van der Waals surface area contributed by atoms with Crippen LogP contribution in [0, 0.1) is 0 Å². The lowest BCUT2D eigenvalue weighted by atomic mass is 10.1. The molecule has 1 N–H and O–H groups in total. The van der Waals surface area contributed by atoms with Crippen molar-refractivity contribution in [1.29, 1.82) is 0 Å². The van der Waals surface area contributed by atoms with E-state index >= 15 is 0 Å². The van der Waals surface area contributed by atoms with Crippen LogP contribution in [0.2, 0.25) is 0 Å². The third-order valence-corrected chi connectivity index (χ3v) is 2.62. The van der Waals surface area contributed by atoms with Gasteiger partial charge in [-0.1, -0.05) is 24.3 Å². The zero-order valence-corrected chi connectivity index (χ0v) is 11.0. The second-order valence-electron chi connectivity index (χ2n) is 4.25. The second kappa shape index (κ2) is 8.23. The second-order valence-corrected chi connectivity index (χ2v) is 4.25. The highest BCUT2D eigenvalue weighted by Crippen LogP contribution is 2.07. The van der Waals surface area contributed by atoms with E-state index < -0.39 is 0 Å². The van der Waals surface area contributed by atoms with Gasteiger partial charge >= 0.3 is 0 Å². The summed E-state index contributed by atoms with van der Waals surface area (Å²) in [7, 11) is 3.66. The molecule has 0 saturated heterocycles. The molecule has 0 spiro atoms. The topological polar surface area (TPSA) is 30.5 Å². The van der Waals surface area contributed by atoms with Gasteiger partial charge in [-0.25, -0.2) is 0 Å². The molecule has 3 nitrogen and oxygen atoms in total. The van der Waals surface area contributed by atoms with Gasteiger partial charge in [0, 0.05) is 7.11 Å². The van der Waals surface area contributed by atoms with Gasteiger partial charge in [-0.05, 0) is 38.1 Å². The molecule has 0 aliphatic heterocycles. The van der Waals surface area contributed by atoms with Crippen molar-refractivity contribution in [3.05, 3.63) is 35.4 Å². The summed E-state index contributed by atoms with van der Waals surface area (Å²) < 4.78 is 10.7. The molecule has 0 aliphatic carbocycles. The molecular formula is C14H23NO2. The van der Waals surface area contributed by atoms with Crippen LogP contribution in [0.4, 0.5) is 0 Å². The van der Waals surface area contributed by atoms with E-state index in [1.807, 2.05) is 14.0 Å². The van der Waals surface area contributed by atoms with Gasteiger partial charge in [-0.3, -0.25) is 0 Å². The zero-order chi connectivity index (χ0) is 12.5. The molecule has 17 heavy (non-hydrogen) atoms. The number of rotatable bonds is 8. The van der Waals surface area contributed by atoms with Gasteiger partial charge < -0.3 is 14.8 Å². The molecule has 0 heterocycles. The third-order valence-electron chi connectivity index (χ3n) is 2.62. The molecule has 0 radical (unpaired) electrons. The predicted molar refractivity (Wildman–Crippen MR) is 70.2 cm³/mol. The normalized spacial score (nSPS) is 12.6. The summed E-state index contributed by atoms with van der Waals surface area (Å²) in [6.07, 6.45) is 1.21. The molecule has 1 rings (SSSR count). The van der Waals surface area contributed by atoms with Crippen molar-refractivity contribution in [2.45, 2.75) is 26.1 Å². The lowest BCUT2D eigenvalue weighted by Crippen LogP contribution is -2.14. The van der Waals surface area contributed by atoms with Crippen molar-refractivity contribution < 1.29 is 9.47 Å². The Morgan fingerprint density at radius 3 is 2.41 bits per heavy atom. The van der Waals surface area contributed by atoms with Crippen molar-refractivity contribution >= 4 is 0 Å². The number of ether oxygens (including phenoxy) is 2. The zero-order valence-electron chi connectivity index (χ0n) is 11.0. The smallest absolute Gasteiger partial charge is 0.0784 e. The summed E-state index contributed by atoms with van der Waals surface area (Å²) in [5.74, 6) is 0. The lowest BCUT2D eigenvalue weighted by molar-refractivity contribution is -0.000128. The largest absolute Gasteiger partial charge is 0.382 e. The van der Waals surface area contributed by atoms with Crippen molar-refractivity contribution in [1.82, 2.24) is 5.32 Å². The predicted octanol–water partition coefficient (Wildman–Crippen LogP) is 2.00. The van der Waals surface area contributed by atoms with Crippen LogP contribution in [0.5, 0.6) is 0 Å². The van der Waals surface area contributed by atoms with Crippen LogP contribution >= 0.6 is 0 Å². The van der Waals surface area contributed by atoms with E-state index in [1.165, 1.54) is 11.1 Å². The first-order chi connectivity index (χ1) is 8.26. The van der Waals surface area contributed by atoms with E-state index in [9.17, 15) is 0 Å². The van der Waals surface area contributed by atoms with Crippen molar-refractivity contribution in [2.75, 3.05) is 27.3 Å². The summed E-state index contributed by atoms with van der Waals surface area (Å²) in [4.78, 5) is 0. The summed E-state index contributed by atoms with van der Waals surface area (Å²) in [5, 5.41) is 3.15. The fourth-order valence-electron chi connectivity index (χ4n) is 1.59.